The molecule has 0 aromatic carbocycles. The van der Waals surface area contributed by atoms with Crippen LogP contribution in [0.25, 0.3) is 0 Å². The molecule has 1 aromatic rings. The Balaban J connectivity index is 2.39. The number of carbonyl (C=O) groups is 1. The Morgan fingerprint density at radius 2 is 1.67 bits per heavy atom. The van der Waals surface area contributed by atoms with E-state index in [4.69, 9.17) is 5.73 Å². The Bertz CT molecular complexity index is 509. The van der Waals surface area contributed by atoms with E-state index in [1.807, 2.05) is 0 Å². The van der Waals surface area contributed by atoms with Gasteiger partial charge in [0.2, 0.25) is 0 Å². The summed E-state index contributed by atoms with van der Waals surface area (Å²) < 4.78 is 38.4. The molecule has 1 amide bonds. The number of amides is 1. The smallest absolute Gasteiger partial charge is 0.365 e. The van der Waals surface area contributed by atoms with Crippen molar-refractivity contribution in [3.8, 4) is 0 Å². The molecule has 0 unspecified atom stereocenters. The van der Waals surface area contributed by atoms with Crippen molar-refractivity contribution in [2.75, 3.05) is 18.0 Å². The maximum atomic E-state index is 12.8. The molecule has 7 heteroatoms. The van der Waals surface area contributed by atoms with Gasteiger partial charge < -0.3 is 10.6 Å². The number of halogens is 3. The first-order chi connectivity index (χ1) is 9.89. The molecular formula is C14H18F3N3O. The summed E-state index contributed by atoms with van der Waals surface area (Å²) in [7, 11) is 0. The van der Waals surface area contributed by atoms with Crippen molar-refractivity contribution in [2.24, 2.45) is 5.73 Å². The minimum atomic E-state index is -4.53. The number of carbonyl (C=O) groups excluding carboxylic acids is 1. The van der Waals surface area contributed by atoms with Gasteiger partial charge in [0.15, 0.2) is 0 Å². The van der Waals surface area contributed by atoms with Crippen LogP contribution in [-0.2, 0) is 6.18 Å². The van der Waals surface area contributed by atoms with Crippen LogP contribution in [0.4, 0.5) is 19.0 Å². The number of hydrogen-bond acceptors (Lipinski definition) is 3. The lowest BCUT2D eigenvalue weighted by Gasteiger charge is -2.27. The van der Waals surface area contributed by atoms with E-state index < -0.39 is 17.8 Å². The minimum absolute atomic E-state index is 0.0450. The molecule has 0 spiro atoms. The van der Waals surface area contributed by atoms with Crippen molar-refractivity contribution in [1.82, 2.24) is 4.98 Å². The third-order valence-electron chi connectivity index (χ3n) is 3.59. The van der Waals surface area contributed by atoms with Crippen LogP contribution in [-0.4, -0.2) is 24.0 Å². The first kappa shape index (κ1) is 15.6. The van der Waals surface area contributed by atoms with Crippen molar-refractivity contribution in [3.63, 3.8) is 0 Å². The van der Waals surface area contributed by atoms with Crippen molar-refractivity contribution >= 4 is 11.7 Å². The van der Waals surface area contributed by atoms with Gasteiger partial charge in [0.1, 0.15) is 11.5 Å². The molecule has 21 heavy (non-hydrogen) atoms. The summed E-state index contributed by atoms with van der Waals surface area (Å²) in [6.45, 7) is 1.18. The molecule has 2 rings (SSSR count). The fourth-order valence-electron chi connectivity index (χ4n) is 2.50. The zero-order chi connectivity index (χ0) is 15.5. The molecule has 1 fully saturated rings. The molecule has 2 N–H and O–H groups in total. The number of nitrogens with zero attached hydrogens (tertiary/aromatic N) is 2. The van der Waals surface area contributed by atoms with E-state index in [2.05, 4.69) is 4.98 Å². The summed E-state index contributed by atoms with van der Waals surface area (Å²) in [5, 5.41) is 0. The maximum absolute atomic E-state index is 12.8. The van der Waals surface area contributed by atoms with E-state index >= 15 is 0 Å². The van der Waals surface area contributed by atoms with Crippen LogP contribution in [0.5, 0.6) is 0 Å². The van der Waals surface area contributed by atoms with Gasteiger partial charge in [-0.05, 0) is 25.0 Å². The standard InChI is InChI=1S/C14H18F3N3O/c15-14(16,17)11-7-6-10(12(18)21)13(19-11)20-8-4-2-1-3-5-9-20/h6-7H,1-5,8-9H2,(H2,18,21). The number of hydrogen-bond donors (Lipinski definition) is 1. The molecule has 0 saturated carbocycles. The highest BCUT2D eigenvalue weighted by atomic mass is 19.4. The Morgan fingerprint density at radius 1 is 1.10 bits per heavy atom. The molecule has 2 heterocycles. The molecular weight excluding hydrogens is 283 g/mol. The van der Waals surface area contributed by atoms with E-state index in [0.717, 1.165) is 44.2 Å². The normalized spacial score (nSPS) is 17.2. The van der Waals surface area contributed by atoms with Gasteiger partial charge >= 0.3 is 6.18 Å². The number of rotatable bonds is 2. The van der Waals surface area contributed by atoms with Crippen LogP contribution in [0, 0.1) is 0 Å². The van der Waals surface area contributed by atoms with Crippen LogP contribution in [0.3, 0.4) is 0 Å². The zero-order valence-corrected chi connectivity index (χ0v) is 11.6. The van der Waals surface area contributed by atoms with Crippen molar-refractivity contribution in [1.29, 1.82) is 0 Å². The SMILES string of the molecule is NC(=O)c1ccc(C(F)(F)F)nc1N1CCCCCCC1. The monoisotopic (exact) mass is 301 g/mol. The van der Waals surface area contributed by atoms with Gasteiger partial charge in [0, 0.05) is 13.1 Å². The van der Waals surface area contributed by atoms with Crippen molar-refractivity contribution in [3.05, 3.63) is 23.4 Å². The fraction of sp³-hybridized carbons (Fsp3) is 0.571. The van der Waals surface area contributed by atoms with Crippen LogP contribution >= 0.6 is 0 Å². The molecule has 4 nitrogen and oxygen atoms in total. The fourth-order valence-corrected chi connectivity index (χ4v) is 2.50. The lowest BCUT2D eigenvalue weighted by atomic mass is 10.1. The number of pyridine rings is 1. The number of anilines is 1. The topological polar surface area (TPSA) is 59.2 Å². The van der Waals surface area contributed by atoms with E-state index in [-0.39, 0.29) is 11.4 Å². The summed E-state index contributed by atoms with van der Waals surface area (Å²) in [6, 6.07) is 1.92. The minimum Gasteiger partial charge on any atom is -0.365 e. The molecule has 1 aliphatic heterocycles. The maximum Gasteiger partial charge on any atom is 0.433 e. The molecule has 1 aromatic heterocycles. The Hall–Kier alpha value is -1.79. The Morgan fingerprint density at radius 3 is 2.19 bits per heavy atom. The summed E-state index contributed by atoms with van der Waals surface area (Å²) in [6.07, 6.45) is 0.398. The third kappa shape index (κ3) is 3.86. The van der Waals surface area contributed by atoms with E-state index in [9.17, 15) is 18.0 Å². The van der Waals surface area contributed by atoms with Crippen LogP contribution < -0.4 is 10.6 Å². The molecule has 1 saturated heterocycles. The summed E-state index contributed by atoms with van der Waals surface area (Å²) in [5.74, 6) is -0.701. The summed E-state index contributed by atoms with van der Waals surface area (Å²) >= 11 is 0. The number of nitrogens with two attached hydrogens (primary N) is 1. The molecule has 116 valence electrons. The predicted octanol–water partition coefficient (Wildman–Crippen LogP) is 2.97. The van der Waals surface area contributed by atoms with Gasteiger partial charge in [-0.3, -0.25) is 4.79 Å². The highest BCUT2D eigenvalue weighted by Crippen LogP contribution is 2.31. The highest BCUT2D eigenvalue weighted by molar-refractivity contribution is 5.97. The second-order valence-electron chi connectivity index (χ2n) is 5.18. The van der Waals surface area contributed by atoms with Gasteiger partial charge in [-0.25, -0.2) is 4.98 Å². The van der Waals surface area contributed by atoms with Gasteiger partial charge in [-0.15, -0.1) is 0 Å². The third-order valence-corrected chi connectivity index (χ3v) is 3.59. The number of alkyl halides is 3. The van der Waals surface area contributed by atoms with E-state index in [0.29, 0.717) is 13.1 Å². The van der Waals surface area contributed by atoms with E-state index in [1.54, 1.807) is 4.90 Å². The second kappa shape index (κ2) is 6.32. The van der Waals surface area contributed by atoms with Gasteiger partial charge in [0.25, 0.3) is 5.91 Å². The molecule has 0 aliphatic carbocycles. The second-order valence-corrected chi connectivity index (χ2v) is 5.18. The lowest BCUT2D eigenvalue weighted by molar-refractivity contribution is -0.141. The van der Waals surface area contributed by atoms with Crippen LogP contribution in [0.2, 0.25) is 0 Å². The average Bonchev–Trinajstić information content (AvgIpc) is 2.36. The first-order valence-corrected chi connectivity index (χ1v) is 7.02. The van der Waals surface area contributed by atoms with E-state index in [1.165, 1.54) is 0 Å². The van der Waals surface area contributed by atoms with Crippen LogP contribution in [0.15, 0.2) is 12.1 Å². The van der Waals surface area contributed by atoms with Gasteiger partial charge in [-0.2, -0.15) is 13.2 Å². The molecule has 0 atom stereocenters. The predicted molar refractivity (Wildman–Crippen MR) is 73.1 cm³/mol. The summed E-state index contributed by atoms with van der Waals surface area (Å²) in [4.78, 5) is 16.9. The van der Waals surface area contributed by atoms with Gasteiger partial charge in [-0.1, -0.05) is 19.3 Å². The number of primary amides is 1. The number of aromatic nitrogens is 1. The molecule has 0 bridgehead atoms. The lowest BCUT2D eigenvalue weighted by Crippen LogP contribution is -2.31. The highest BCUT2D eigenvalue weighted by Gasteiger charge is 2.34. The molecule has 1 aliphatic rings. The zero-order valence-electron chi connectivity index (χ0n) is 11.6. The quantitative estimate of drug-likeness (QED) is 0.913. The van der Waals surface area contributed by atoms with Crippen LogP contribution in [0.1, 0.15) is 48.2 Å². The Kier molecular flexibility index (Phi) is 4.69. The van der Waals surface area contributed by atoms with Gasteiger partial charge in [0.05, 0.1) is 5.56 Å². The van der Waals surface area contributed by atoms with Crippen molar-refractivity contribution < 1.29 is 18.0 Å². The Labute approximate surface area is 121 Å². The summed E-state index contributed by atoms with van der Waals surface area (Å²) in [5.41, 5.74) is 4.31. The molecule has 0 radical (unpaired) electrons. The first-order valence-electron chi connectivity index (χ1n) is 7.02. The van der Waals surface area contributed by atoms with Crippen molar-refractivity contribution in [2.45, 2.75) is 38.3 Å². The largest absolute Gasteiger partial charge is 0.433 e. The average molecular weight is 301 g/mol.